The molecule has 0 aromatic rings. The molecule has 13 heavy (non-hydrogen) atoms. The maximum atomic E-state index is 12.1. The molecule has 0 aromatic heterocycles. The molecule has 0 aromatic carbocycles. The number of rotatable bonds is 5. The Balaban J connectivity index is 4.85. The number of hydrogen-bond acceptors (Lipinski definition) is 1. The Kier molecular flexibility index (Phi) is 5.61. The fourth-order valence-corrected chi connectivity index (χ4v) is 9.01. The molecule has 0 amide bonds. The van der Waals surface area contributed by atoms with Crippen LogP contribution in [0.25, 0.3) is 0 Å². The number of carbonyl (C=O) groups excluding carboxylic acids is 1. The normalized spacial score (nSPS) is 13.2. The van der Waals surface area contributed by atoms with Crippen LogP contribution in [0.1, 0.15) is 34.6 Å². The molecule has 0 unspecified atom stereocenters. The molecular weight excluding hydrogens is 221 g/mol. The van der Waals surface area contributed by atoms with Crippen LogP contribution in [0, 0.1) is 0 Å². The van der Waals surface area contributed by atoms with Crippen molar-refractivity contribution in [3.8, 4) is 0 Å². The number of carbonyl (C=O) groups is 1. The average Bonchev–Trinajstić information content (AvgIpc) is 2.20. The van der Waals surface area contributed by atoms with Crippen molar-refractivity contribution in [3.05, 3.63) is 11.6 Å². The molecule has 0 atom stereocenters. The van der Waals surface area contributed by atoms with E-state index in [4.69, 9.17) is 0 Å². The van der Waals surface area contributed by atoms with E-state index in [1.807, 2.05) is 19.9 Å². The number of hydrogen-bond donors (Lipinski definition) is 0. The van der Waals surface area contributed by atoms with Crippen LogP contribution in [0.15, 0.2) is 11.6 Å². The second-order valence-corrected chi connectivity index (χ2v) is 14.4. The summed E-state index contributed by atoms with van der Waals surface area (Å²) >= 11 is -2.14. The quantitative estimate of drug-likeness (QED) is 0.532. The maximum absolute atomic E-state index is 12.1. The van der Waals surface area contributed by atoms with Gasteiger partial charge < -0.3 is 0 Å². The van der Waals surface area contributed by atoms with E-state index in [9.17, 15) is 4.79 Å². The average molecular weight is 243 g/mol. The zero-order valence-electron chi connectivity index (χ0n) is 9.61. The third-order valence-corrected chi connectivity index (χ3v) is 14.7. The molecule has 2 heteroatoms. The Morgan fingerprint density at radius 3 is 1.77 bits per heavy atom. The van der Waals surface area contributed by atoms with Crippen LogP contribution in [-0.2, 0) is 4.79 Å². The molecule has 0 saturated heterocycles. The zero-order chi connectivity index (χ0) is 10.5. The molecule has 0 heterocycles. The summed E-state index contributed by atoms with van der Waals surface area (Å²) in [5.41, 5.74) is 0.991. The van der Waals surface area contributed by atoms with E-state index in [1.54, 1.807) is 0 Å². The summed E-state index contributed by atoms with van der Waals surface area (Å²) in [6.45, 7) is 10.5. The van der Waals surface area contributed by atoms with Crippen molar-refractivity contribution in [2.45, 2.75) is 50.4 Å². The summed E-state index contributed by atoms with van der Waals surface area (Å²) < 4.78 is 0.523. The third kappa shape index (κ3) is 2.70. The first-order valence-corrected chi connectivity index (χ1v) is 10.8. The van der Waals surface area contributed by atoms with Crippen molar-refractivity contribution in [2.75, 3.05) is 0 Å². The molecule has 0 aliphatic heterocycles. The second-order valence-electron chi connectivity index (χ2n) is 3.64. The zero-order valence-corrected chi connectivity index (χ0v) is 11.7. The first-order valence-electron chi connectivity index (χ1n) is 5.25. The summed E-state index contributed by atoms with van der Waals surface area (Å²) in [4.78, 5) is 12.1. The second kappa shape index (κ2) is 5.63. The van der Waals surface area contributed by atoms with Crippen molar-refractivity contribution in [1.29, 1.82) is 0 Å². The van der Waals surface area contributed by atoms with Crippen LogP contribution >= 0.6 is 0 Å². The Bertz CT molecular complexity index is 194. The van der Waals surface area contributed by atoms with E-state index in [-0.39, 0.29) is 0 Å². The molecule has 76 valence electrons. The first kappa shape index (κ1) is 13.0. The van der Waals surface area contributed by atoms with E-state index in [0.29, 0.717) is 4.62 Å². The minimum absolute atomic E-state index is 0.523. The molecule has 0 rings (SSSR count). The summed E-state index contributed by atoms with van der Waals surface area (Å²) in [6.07, 6.45) is 1.96. The third-order valence-electron chi connectivity index (χ3n) is 3.30. The topological polar surface area (TPSA) is 17.1 Å². The van der Waals surface area contributed by atoms with E-state index in [1.165, 1.54) is 0 Å². The van der Waals surface area contributed by atoms with Gasteiger partial charge in [-0.3, -0.25) is 0 Å². The van der Waals surface area contributed by atoms with Crippen LogP contribution in [-0.4, -0.2) is 17.9 Å². The van der Waals surface area contributed by atoms with Gasteiger partial charge in [-0.1, -0.05) is 0 Å². The van der Waals surface area contributed by atoms with Gasteiger partial charge in [-0.2, -0.15) is 0 Å². The molecule has 0 saturated carbocycles. The fraction of sp³-hybridized carbons (Fsp3) is 0.727. The van der Waals surface area contributed by atoms with Gasteiger partial charge in [0.25, 0.3) is 0 Å². The van der Waals surface area contributed by atoms with Crippen LogP contribution < -0.4 is 0 Å². The van der Waals surface area contributed by atoms with Gasteiger partial charge in [-0.15, -0.1) is 0 Å². The van der Waals surface area contributed by atoms with Gasteiger partial charge >= 0.3 is 84.7 Å². The molecule has 0 aliphatic carbocycles. The van der Waals surface area contributed by atoms with E-state index >= 15 is 0 Å². The summed E-state index contributed by atoms with van der Waals surface area (Å²) in [7, 11) is 0. The Morgan fingerprint density at radius 1 is 1.15 bits per heavy atom. The molecule has 0 bridgehead atoms. The van der Waals surface area contributed by atoms with Gasteiger partial charge in [0.1, 0.15) is 0 Å². The van der Waals surface area contributed by atoms with Crippen molar-refractivity contribution in [3.63, 3.8) is 0 Å². The molecule has 0 aliphatic rings. The van der Waals surface area contributed by atoms with Gasteiger partial charge in [-0.25, -0.2) is 0 Å². The van der Waals surface area contributed by atoms with Crippen molar-refractivity contribution < 1.29 is 4.79 Å². The van der Waals surface area contributed by atoms with Crippen molar-refractivity contribution in [2.24, 2.45) is 0 Å². The Labute approximate surface area is 85.0 Å². The summed E-state index contributed by atoms with van der Waals surface area (Å²) in [5.74, 6) is 0. The van der Waals surface area contributed by atoms with Gasteiger partial charge in [0.15, 0.2) is 0 Å². The fourth-order valence-electron chi connectivity index (χ4n) is 1.78. The van der Waals surface area contributed by atoms with Crippen molar-refractivity contribution in [1.82, 2.24) is 0 Å². The SMILES string of the molecule is C/C=C(\C)[C](=O)[Ge]([CH2]C)([CH2]C)[CH2]C. The van der Waals surface area contributed by atoms with E-state index in [2.05, 4.69) is 20.8 Å². The molecule has 0 spiro atoms. The monoisotopic (exact) mass is 244 g/mol. The first-order chi connectivity index (χ1) is 6.07. The number of allylic oxidation sites excluding steroid dienone is 2. The van der Waals surface area contributed by atoms with Crippen LogP contribution in [0.2, 0.25) is 15.8 Å². The molecule has 1 nitrogen and oxygen atoms in total. The Hall–Kier alpha value is -0.0471. The predicted octanol–water partition coefficient (Wildman–Crippen LogP) is 3.57. The summed E-state index contributed by atoms with van der Waals surface area (Å²) in [5, 5.41) is 3.41. The van der Waals surface area contributed by atoms with Gasteiger partial charge in [-0.05, 0) is 0 Å². The van der Waals surface area contributed by atoms with Gasteiger partial charge in [0, 0.05) is 0 Å². The Morgan fingerprint density at radius 2 is 1.54 bits per heavy atom. The minimum atomic E-state index is -2.14. The van der Waals surface area contributed by atoms with Gasteiger partial charge in [0.05, 0.1) is 0 Å². The van der Waals surface area contributed by atoms with Crippen LogP contribution in [0.5, 0.6) is 0 Å². The van der Waals surface area contributed by atoms with Gasteiger partial charge in [0.2, 0.25) is 0 Å². The molecule has 0 N–H and O–H groups in total. The van der Waals surface area contributed by atoms with E-state index in [0.717, 1.165) is 21.3 Å². The van der Waals surface area contributed by atoms with E-state index < -0.39 is 13.3 Å². The molecular formula is C11H22GeO. The molecule has 0 fully saturated rings. The van der Waals surface area contributed by atoms with Crippen LogP contribution in [0.3, 0.4) is 0 Å². The van der Waals surface area contributed by atoms with Crippen molar-refractivity contribution >= 4 is 17.9 Å². The molecule has 0 radical (unpaired) electrons. The predicted molar refractivity (Wildman–Crippen MR) is 61.6 cm³/mol. The van der Waals surface area contributed by atoms with Crippen LogP contribution in [0.4, 0.5) is 0 Å². The standard InChI is InChI=1S/C11H22GeO/c1-6-10(5)11(13)12(7-2,8-3)9-4/h6H,7-9H2,1-5H3/b10-6+. The summed E-state index contributed by atoms with van der Waals surface area (Å²) in [6, 6.07) is 0.